The molecule has 1 aliphatic rings. The first-order valence-corrected chi connectivity index (χ1v) is 8.86. The summed E-state index contributed by atoms with van der Waals surface area (Å²) in [6.07, 6.45) is 9.99. The van der Waals surface area contributed by atoms with E-state index in [2.05, 4.69) is 18.7 Å². The maximum atomic E-state index is 11.3. The molecule has 0 amide bonds. The van der Waals surface area contributed by atoms with E-state index in [-0.39, 0.29) is 0 Å². The van der Waals surface area contributed by atoms with Gasteiger partial charge in [0.05, 0.1) is 0 Å². The molecule has 0 spiro atoms. The molecule has 3 heteroatoms. The van der Waals surface area contributed by atoms with Gasteiger partial charge in [0.25, 0.3) is 0 Å². The molecule has 0 bridgehead atoms. The van der Waals surface area contributed by atoms with Crippen LogP contribution in [0, 0.1) is 5.92 Å². The van der Waals surface area contributed by atoms with Crippen molar-refractivity contribution in [2.24, 2.45) is 5.92 Å². The highest BCUT2D eigenvalue weighted by Crippen LogP contribution is 2.23. The van der Waals surface area contributed by atoms with Crippen molar-refractivity contribution in [1.82, 2.24) is 4.90 Å². The lowest BCUT2D eigenvalue weighted by Crippen LogP contribution is -2.40. The molecule has 1 aliphatic carbocycles. The normalized spacial score (nSPS) is 20.1. The standard InChI is InChI=1S/C14H29NOS/c1-13(2)9-10-15(11-12-17(3)16)14-7-5-4-6-8-14/h13-14H,4-12H2,1-3H3. The molecular weight excluding hydrogens is 230 g/mol. The molecule has 0 aromatic carbocycles. The molecule has 0 aliphatic heterocycles. The third-order valence-electron chi connectivity index (χ3n) is 3.75. The van der Waals surface area contributed by atoms with Crippen LogP contribution in [0.5, 0.6) is 0 Å². The molecule has 17 heavy (non-hydrogen) atoms. The van der Waals surface area contributed by atoms with E-state index in [0.29, 0.717) is 0 Å². The van der Waals surface area contributed by atoms with Crippen molar-refractivity contribution >= 4 is 10.8 Å². The quantitative estimate of drug-likeness (QED) is 0.700. The van der Waals surface area contributed by atoms with Gasteiger partial charge in [-0.25, -0.2) is 0 Å². The molecule has 1 fully saturated rings. The third kappa shape index (κ3) is 6.56. The van der Waals surface area contributed by atoms with Crippen LogP contribution in [0.4, 0.5) is 0 Å². The van der Waals surface area contributed by atoms with Crippen LogP contribution in [0.15, 0.2) is 0 Å². The van der Waals surface area contributed by atoms with Crippen molar-refractivity contribution in [3.63, 3.8) is 0 Å². The predicted molar refractivity (Wildman–Crippen MR) is 76.8 cm³/mol. The van der Waals surface area contributed by atoms with Crippen LogP contribution < -0.4 is 0 Å². The van der Waals surface area contributed by atoms with Crippen LogP contribution in [-0.4, -0.2) is 40.2 Å². The number of rotatable bonds is 7. The smallest absolute Gasteiger partial charge is 0.0359 e. The SMILES string of the molecule is CC(C)CCN(CCS(C)=O)C1CCCCC1. The summed E-state index contributed by atoms with van der Waals surface area (Å²) in [6.45, 7) is 6.80. The van der Waals surface area contributed by atoms with Crippen molar-refractivity contribution < 1.29 is 4.21 Å². The van der Waals surface area contributed by atoms with Gasteiger partial charge in [-0.2, -0.15) is 0 Å². The zero-order valence-corrected chi connectivity index (χ0v) is 12.6. The van der Waals surface area contributed by atoms with Gasteiger partial charge < -0.3 is 0 Å². The van der Waals surface area contributed by atoms with Gasteiger partial charge in [-0.1, -0.05) is 33.1 Å². The fourth-order valence-corrected chi connectivity index (χ4v) is 3.08. The Balaban J connectivity index is 2.41. The second kappa shape index (κ2) is 8.25. The molecule has 0 aromatic heterocycles. The van der Waals surface area contributed by atoms with Crippen molar-refractivity contribution in [1.29, 1.82) is 0 Å². The first-order valence-electron chi connectivity index (χ1n) is 7.13. The first kappa shape index (κ1) is 15.2. The summed E-state index contributed by atoms with van der Waals surface area (Å²) in [5.74, 6) is 1.61. The molecule has 1 unspecified atom stereocenters. The lowest BCUT2D eigenvalue weighted by Gasteiger charge is -2.34. The Hall–Kier alpha value is 0.110. The molecule has 1 atom stereocenters. The van der Waals surface area contributed by atoms with E-state index in [4.69, 9.17) is 0 Å². The van der Waals surface area contributed by atoms with Gasteiger partial charge in [-0.15, -0.1) is 0 Å². The Kier molecular flexibility index (Phi) is 7.36. The molecule has 0 heterocycles. The molecular formula is C14H29NOS. The van der Waals surface area contributed by atoms with Crippen LogP contribution in [0.3, 0.4) is 0 Å². The van der Waals surface area contributed by atoms with E-state index in [0.717, 1.165) is 24.3 Å². The molecule has 1 saturated carbocycles. The maximum absolute atomic E-state index is 11.3. The van der Waals surface area contributed by atoms with Gasteiger partial charge in [0.15, 0.2) is 0 Å². The third-order valence-corrected chi connectivity index (χ3v) is 4.51. The molecule has 0 saturated heterocycles. The summed E-state index contributed by atoms with van der Waals surface area (Å²) in [4.78, 5) is 2.61. The lowest BCUT2D eigenvalue weighted by molar-refractivity contribution is 0.157. The molecule has 1 rings (SSSR count). The summed E-state index contributed by atoms with van der Waals surface area (Å²) in [5.41, 5.74) is 0. The van der Waals surface area contributed by atoms with E-state index >= 15 is 0 Å². The fraction of sp³-hybridized carbons (Fsp3) is 1.00. The number of nitrogens with zero attached hydrogens (tertiary/aromatic N) is 1. The van der Waals surface area contributed by atoms with E-state index in [1.165, 1.54) is 45.1 Å². The Morgan fingerprint density at radius 2 is 1.82 bits per heavy atom. The van der Waals surface area contributed by atoms with Gasteiger partial charge in [0.2, 0.25) is 0 Å². The second-order valence-corrected chi connectivity index (χ2v) is 7.34. The van der Waals surface area contributed by atoms with Crippen LogP contribution in [-0.2, 0) is 10.8 Å². The minimum atomic E-state index is -0.647. The Morgan fingerprint density at radius 1 is 1.18 bits per heavy atom. The summed E-state index contributed by atoms with van der Waals surface area (Å²) >= 11 is 0. The van der Waals surface area contributed by atoms with E-state index < -0.39 is 10.8 Å². The topological polar surface area (TPSA) is 20.3 Å². The summed E-state index contributed by atoms with van der Waals surface area (Å²) in [7, 11) is -0.647. The average molecular weight is 259 g/mol. The molecule has 0 N–H and O–H groups in total. The van der Waals surface area contributed by atoms with Gasteiger partial charge in [0, 0.05) is 35.4 Å². The van der Waals surface area contributed by atoms with Crippen LogP contribution in [0.2, 0.25) is 0 Å². The monoisotopic (exact) mass is 259 g/mol. The summed E-state index contributed by atoms with van der Waals surface area (Å²) in [6, 6.07) is 0.769. The Morgan fingerprint density at radius 3 is 2.35 bits per heavy atom. The van der Waals surface area contributed by atoms with Gasteiger partial charge >= 0.3 is 0 Å². The van der Waals surface area contributed by atoms with E-state index in [9.17, 15) is 4.21 Å². The van der Waals surface area contributed by atoms with E-state index in [1.54, 1.807) is 0 Å². The molecule has 102 valence electrons. The Bertz CT molecular complexity index is 224. The first-order chi connectivity index (χ1) is 8.09. The van der Waals surface area contributed by atoms with Gasteiger partial charge in [0.1, 0.15) is 0 Å². The number of hydrogen-bond acceptors (Lipinski definition) is 2. The van der Waals surface area contributed by atoms with Crippen LogP contribution in [0.1, 0.15) is 52.4 Å². The maximum Gasteiger partial charge on any atom is 0.0359 e. The summed E-state index contributed by atoms with van der Waals surface area (Å²) in [5, 5.41) is 0. The highest BCUT2D eigenvalue weighted by atomic mass is 32.2. The van der Waals surface area contributed by atoms with Crippen molar-refractivity contribution in [3.05, 3.63) is 0 Å². The minimum Gasteiger partial charge on any atom is -0.299 e. The summed E-state index contributed by atoms with van der Waals surface area (Å²) < 4.78 is 11.3. The average Bonchev–Trinajstić information content (AvgIpc) is 2.29. The molecule has 0 aromatic rings. The molecule has 2 nitrogen and oxygen atoms in total. The van der Waals surface area contributed by atoms with Crippen LogP contribution >= 0.6 is 0 Å². The van der Waals surface area contributed by atoms with Crippen molar-refractivity contribution in [2.45, 2.75) is 58.4 Å². The minimum absolute atomic E-state index is 0.647. The fourth-order valence-electron chi connectivity index (χ4n) is 2.59. The highest BCUT2D eigenvalue weighted by molar-refractivity contribution is 7.84. The van der Waals surface area contributed by atoms with E-state index in [1.807, 2.05) is 6.26 Å². The predicted octanol–water partition coefficient (Wildman–Crippen LogP) is 3.05. The van der Waals surface area contributed by atoms with Gasteiger partial charge in [-0.05, 0) is 31.7 Å². The van der Waals surface area contributed by atoms with Crippen LogP contribution in [0.25, 0.3) is 0 Å². The van der Waals surface area contributed by atoms with Crippen molar-refractivity contribution in [3.8, 4) is 0 Å². The largest absolute Gasteiger partial charge is 0.299 e. The van der Waals surface area contributed by atoms with Gasteiger partial charge in [-0.3, -0.25) is 9.11 Å². The lowest BCUT2D eigenvalue weighted by atomic mass is 9.94. The zero-order chi connectivity index (χ0) is 12.7. The number of hydrogen-bond donors (Lipinski definition) is 0. The second-order valence-electron chi connectivity index (χ2n) is 5.79. The zero-order valence-electron chi connectivity index (χ0n) is 11.8. The Labute approximate surface area is 110 Å². The highest BCUT2D eigenvalue weighted by Gasteiger charge is 2.20. The molecule has 0 radical (unpaired) electrons. The van der Waals surface area contributed by atoms with Crippen molar-refractivity contribution in [2.75, 3.05) is 25.1 Å².